The molecule has 0 aromatic heterocycles. The van der Waals surface area contributed by atoms with Crippen LogP contribution in [-0.2, 0) is 0 Å². The highest BCUT2D eigenvalue weighted by atomic mass is 15.2. The monoisotopic (exact) mass is 966 g/mol. The molecule has 13 aromatic carbocycles. The summed E-state index contributed by atoms with van der Waals surface area (Å²) < 4.78 is 0. The summed E-state index contributed by atoms with van der Waals surface area (Å²) in [6.07, 6.45) is 8.37. The molecule has 4 heteroatoms. The maximum atomic E-state index is 10.7. The van der Waals surface area contributed by atoms with E-state index in [-0.39, 0.29) is 0 Å². The first-order chi connectivity index (χ1) is 37.6. The zero-order valence-electron chi connectivity index (χ0n) is 41.3. The minimum Gasteiger partial charge on any atom is -0.309 e. The van der Waals surface area contributed by atoms with Gasteiger partial charge in [-0.15, -0.1) is 0 Å². The van der Waals surface area contributed by atoms with Crippen molar-refractivity contribution < 1.29 is 0 Å². The summed E-state index contributed by atoms with van der Waals surface area (Å²) in [6, 6.07) is 92.1. The third-order valence-electron chi connectivity index (χ3n) is 14.6. The van der Waals surface area contributed by atoms with Gasteiger partial charge in [-0.25, -0.2) is 4.85 Å². The third-order valence-corrected chi connectivity index (χ3v) is 14.6. The van der Waals surface area contributed by atoms with Gasteiger partial charge < -0.3 is 9.80 Å². The van der Waals surface area contributed by atoms with Crippen molar-refractivity contribution in [3.63, 3.8) is 0 Å². The Morgan fingerprint density at radius 1 is 0.316 bits per heavy atom. The van der Waals surface area contributed by atoms with Gasteiger partial charge in [-0.05, 0) is 120 Å². The summed E-state index contributed by atoms with van der Waals surface area (Å²) in [6.45, 7) is 8.40. The molecule has 76 heavy (non-hydrogen) atoms. The van der Waals surface area contributed by atoms with E-state index in [1.807, 2.05) is 36.4 Å². The first-order valence-electron chi connectivity index (χ1n) is 25.5. The molecule has 0 spiro atoms. The zero-order chi connectivity index (χ0) is 51.0. The molecule has 0 unspecified atom stereocenters. The van der Waals surface area contributed by atoms with Gasteiger partial charge in [0.1, 0.15) is 6.07 Å². The van der Waals surface area contributed by atoms with Crippen molar-refractivity contribution in [1.29, 1.82) is 5.26 Å². The number of anilines is 6. The van der Waals surface area contributed by atoms with E-state index < -0.39 is 0 Å². The van der Waals surface area contributed by atoms with Crippen molar-refractivity contribution in [2.75, 3.05) is 9.80 Å². The van der Waals surface area contributed by atoms with Gasteiger partial charge in [0.25, 0.3) is 0 Å². The highest BCUT2D eigenvalue weighted by Gasteiger charge is 2.20. The SMILES string of the molecule is [C-]#[N+]c1c2ccc(/C=C/c3ccc(N(c4cccc5ccccc45)c4cccc5ccccc45)cc3)cc2c(C#N)c2ccc(/C=C/c3ccc(N(c4cccc5ccccc45)c4cccc5ccccc45)cc3)cc12. The van der Waals surface area contributed by atoms with Crippen LogP contribution in [0.5, 0.6) is 0 Å². The second kappa shape index (κ2) is 19.5. The second-order valence-electron chi connectivity index (χ2n) is 19.1. The van der Waals surface area contributed by atoms with Gasteiger partial charge in [0.2, 0.25) is 5.69 Å². The van der Waals surface area contributed by atoms with E-state index in [2.05, 4.69) is 263 Å². The third kappa shape index (κ3) is 8.23. The maximum Gasteiger partial charge on any atom is 0.202 e. The Hall–Kier alpha value is -10.5. The molecule has 0 amide bonds. The molecule has 0 heterocycles. The molecule has 0 atom stereocenters. The average Bonchev–Trinajstić information content (AvgIpc) is 3.49. The minimum atomic E-state index is 0.540. The molecule has 0 saturated carbocycles. The number of rotatable bonds is 10. The van der Waals surface area contributed by atoms with E-state index in [9.17, 15) is 5.26 Å². The number of hydrogen-bond donors (Lipinski definition) is 0. The van der Waals surface area contributed by atoms with Gasteiger partial charge in [0.05, 0.1) is 34.9 Å². The van der Waals surface area contributed by atoms with Crippen molar-refractivity contribution >= 4 is 129 Å². The summed E-state index contributed by atoms with van der Waals surface area (Å²) >= 11 is 0. The molecule has 13 rings (SSSR count). The summed E-state index contributed by atoms with van der Waals surface area (Å²) in [7, 11) is 0. The predicted molar refractivity (Wildman–Crippen MR) is 323 cm³/mol. The molecular weight excluding hydrogens is 921 g/mol. The smallest absolute Gasteiger partial charge is 0.202 e. The molecule has 4 nitrogen and oxygen atoms in total. The van der Waals surface area contributed by atoms with Crippen LogP contribution in [0.2, 0.25) is 0 Å². The van der Waals surface area contributed by atoms with Crippen molar-refractivity contribution in [2.24, 2.45) is 0 Å². The molecular formula is C72H46N4. The number of nitriles is 1. The van der Waals surface area contributed by atoms with E-state index in [1.54, 1.807) is 0 Å². The van der Waals surface area contributed by atoms with Gasteiger partial charge in [-0.3, -0.25) is 0 Å². The lowest BCUT2D eigenvalue weighted by Gasteiger charge is -2.28. The fourth-order valence-electron chi connectivity index (χ4n) is 11.0. The van der Waals surface area contributed by atoms with E-state index >= 15 is 0 Å². The van der Waals surface area contributed by atoms with Crippen LogP contribution < -0.4 is 9.80 Å². The summed E-state index contributed by atoms with van der Waals surface area (Å²) in [4.78, 5) is 8.80. The summed E-state index contributed by atoms with van der Waals surface area (Å²) in [5.41, 5.74) is 11.6. The topological polar surface area (TPSA) is 34.6 Å². The predicted octanol–water partition coefficient (Wildman–Crippen LogP) is 20.3. The van der Waals surface area contributed by atoms with Crippen LogP contribution in [0.25, 0.3) is 93.8 Å². The molecule has 0 aliphatic carbocycles. The van der Waals surface area contributed by atoms with Crippen LogP contribution in [0.3, 0.4) is 0 Å². The Labute approximate surface area is 441 Å². The van der Waals surface area contributed by atoms with Crippen molar-refractivity contribution in [1.82, 2.24) is 0 Å². The molecule has 0 saturated heterocycles. The first-order valence-corrected chi connectivity index (χ1v) is 25.5. The number of fused-ring (bicyclic) bond motifs is 6. The van der Waals surface area contributed by atoms with Gasteiger partial charge in [0, 0.05) is 32.9 Å². The van der Waals surface area contributed by atoms with Crippen LogP contribution in [0.15, 0.2) is 255 Å². The minimum absolute atomic E-state index is 0.540. The van der Waals surface area contributed by atoms with E-state index in [0.717, 1.165) is 77.9 Å². The van der Waals surface area contributed by atoms with Crippen LogP contribution in [-0.4, -0.2) is 0 Å². The first kappa shape index (κ1) is 45.4. The number of nitrogens with zero attached hydrogens (tertiary/aromatic N) is 4. The summed E-state index contributed by atoms with van der Waals surface area (Å²) in [5, 5.41) is 23.2. The van der Waals surface area contributed by atoms with Gasteiger partial charge in [-0.1, -0.05) is 224 Å². The Balaban J connectivity index is 0.793. The van der Waals surface area contributed by atoms with E-state index in [1.165, 1.54) is 43.1 Å². The highest BCUT2D eigenvalue weighted by molar-refractivity contribution is 6.16. The average molecular weight is 967 g/mol. The number of benzene rings is 13. The molecule has 0 bridgehead atoms. The lowest BCUT2D eigenvalue weighted by Crippen LogP contribution is -2.11. The Morgan fingerprint density at radius 2 is 0.645 bits per heavy atom. The van der Waals surface area contributed by atoms with Crippen LogP contribution in [0.1, 0.15) is 27.8 Å². The van der Waals surface area contributed by atoms with Crippen molar-refractivity contribution in [3.05, 3.63) is 294 Å². The molecule has 0 N–H and O–H groups in total. The maximum absolute atomic E-state index is 10.7. The van der Waals surface area contributed by atoms with E-state index in [0.29, 0.717) is 11.3 Å². The molecule has 0 radical (unpaired) electrons. The zero-order valence-corrected chi connectivity index (χ0v) is 41.3. The molecule has 0 aliphatic heterocycles. The lowest BCUT2D eigenvalue weighted by molar-refractivity contribution is 1.31. The quantitative estimate of drug-likeness (QED) is 0.0778. The van der Waals surface area contributed by atoms with Gasteiger partial charge >= 0.3 is 0 Å². The Morgan fingerprint density at radius 3 is 1.03 bits per heavy atom. The summed E-state index contributed by atoms with van der Waals surface area (Å²) in [5.74, 6) is 0. The van der Waals surface area contributed by atoms with Crippen LogP contribution >= 0.6 is 0 Å². The lowest BCUT2D eigenvalue weighted by atomic mass is 9.93. The standard InChI is InChI=1S/C72H46N4/c1-74-72-64-45-39-51(32-30-49-34-40-57(41-35-49)75(68-26-10-18-53-14-2-6-22-59(53)68)69-27-11-19-54-15-3-7-23-60(54)69)46-65(64)67(48-73)63-44-38-52(47-66(63)72)33-31-50-36-42-58(43-37-50)76(70-28-12-20-55-16-4-8-24-61(55)70)71-29-13-21-56-17-5-9-25-62(56)71/h2-47H/b32-30+,33-31+. The highest BCUT2D eigenvalue weighted by Crippen LogP contribution is 2.45. The molecule has 354 valence electrons. The second-order valence-corrected chi connectivity index (χ2v) is 19.1. The fraction of sp³-hybridized carbons (Fsp3) is 0. The van der Waals surface area contributed by atoms with Crippen molar-refractivity contribution in [2.45, 2.75) is 0 Å². The van der Waals surface area contributed by atoms with Gasteiger partial charge in [-0.2, -0.15) is 5.26 Å². The molecule has 0 aliphatic rings. The molecule has 0 fully saturated rings. The molecule has 13 aromatic rings. The Kier molecular flexibility index (Phi) is 11.6. The van der Waals surface area contributed by atoms with Gasteiger partial charge in [0.15, 0.2) is 0 Å². The Bertz CT molecular complexity index is 4080. The van der Waals surface area contributed by atoms with Crippen molar-refractivity contribution in [3.8, 4) is 6.07 Å². The van der Waals surface area contributed by atoms with Crippen LogP contribution in [0.4, 0.5) is 39.8 Å². The largest absolute Gasteiger partial charge is 0.309 e. The van der Waals surface area contributed by atoms with Crippen LogP contribution in [0, 0.1) is 17.9 Å². The number of hydrogen-bond acceptors (Lipinski definition) is 3. The normalized spacial score (nSPS) is 11.6. The fourth-order valence-corrected chi connectivity index (χ4v) is 11.0. The van der Waals surface area contributed by atoms with E-state index in [4.69, 9.17) is 6.57 Å².